The van der Waals surface area contributed by atoms with Crippen LogP contribution in [0.1, 0.15) is 57.1 Å². The third kappa shape index (κ3) is 3.85. The van der Waals surface area contributed by atoms with Gasteiger partial charge in [0, 0.05) is 6.04 Å². The Morgan fingerprint density at radius 1 is 1.15 bits per heavy atom. The lowest BCUT2D eigenvalue weighted by atomic mass is 9.72. The van der Waals surface area contributed by atoms with Gasteiger partial charge in [0.05, 0.1) is 0 Å². The van der Waals surface area contributed by atoms with Crippen molar-refractivity contribution >= 4 is 0 Å². The fourth-order valence-electron chi connectivity index (χ4n) is 3.99. The fraction of sp³-hybridized carbons (Fsp3) is 0.684. The molecule has 0 heterocycles. The second kappa shape index (κ2) is 7.83. The summed E-state index contributed by atoms with van der Waals surface area (Å²) in [5, 5.41) is 3.79. The van der Waals surface area contributed by atoms with Crippen LogP contribution in [-0.4, -0.2) is 12.6 Å². The van der Waals surface area contributed by atoms with Gasteiger partial charge in [0.2, 0.25) is 0 Å². The molecule has 1 nitrogen and oxygen atoms in total. The van der Waals surface area contributed by atoms with Gasteiger partial charge in [-0.05, 0) is 49.3 Å². The molecule has 0 spiro atoms. The van der Waals surface area contributed by atoms with Crippen molar-refractivity contribution in [3.05, 3.63) is 35.4 Å². The third-order valence-corrected chi connectivity index (χ3v) is 5.18. The third-order valence-electron chi connectivity index (χ3n) is 5.18. The fourth-order valence-corrected chi connectivity index (χ4v) is 3.99. The molecule has 3 atom stereocenters. The quantitative estimate of drug-likeness (QED) is 0.790. The van der Waals surface area contributed by atoms with E-state index in [1.807, 2.05) is 0 Å². The minimum Gasteiger partial charge on any atom is -0.314 e. The van der Waals surface area contributed by atoms with Crippen LogP contribution in [0.2, 0.25) is 0 Å². The average molecular weight is 273 g/mol. The molecule has 1 saturated carbocycles. The molecule has 20 heavy (non-hydrogen) atoms. The first kappa shape index (κ1) is 15.6. The summed E-state index contributed by atoms with van der Waals surface area (Å²) < 4.78 is 0. The summed E-state index contributed by atoms with van der Waals surface area (Å²) in [4.78, 5) is 0. The van der Waals surface area contributed by atoms with E-state index in [9.17, 15) is 0 Å². The van der Waals surface area contributed by atoms with Crippen molar-refractivity contribution in [2.24, 2.45) is 11.8 Å². The van der Waals surface area contributed by atoms with Gasteiger partial charge in [-0.2, -0.15) is 0 Å². The molecule has 2 rings (SSSR count). The number of hydrogen-bond acceptors (Lipinski definition) is 1. The van der Waals surface area contributed by atoms with Crippen molar-refractivity contribution in [2.75, 3.05) is 6.54 Å². The van der Waals surface area contributed by atoms with Gasteiger partial charge in [-0.15, -0.1) is 0 Å². The first-order valence-electron chi connectivity index (χ1n) is 8.54. The van der Waals surface area contributed by atoms with Crippen molar-refractivity contribution in [2.45, 2.75) is 65.3 Å². The van der Waals surface area contributed by atoms with Crippen LogP contribution in [0.5, 0.6) is 0 Å². The van der Waals surface area contributed by atoms with E-state index in [1.165, 1.54) is 49.7 Å². The zero-order valence-electron chi connectivity index (χ0n) is 13.5. The van der Waals surface area contributed by atoms with Gasteiger partial charge in [0.25, 0.3) is 0 Å². The SMILES string of the molecule is CCNC(Cc1ccccc1C)C1CCCCC1CC. The highest BCUT2D eigenvalue weighted by Gasteiger charge is 2.30. The van der Waals surface area contributed by atoms with Crippen LogP contribution in [0.3, 0.4) is 0 Å². The number of aryl methyl sites for hydroxylation is 1. The predicted octanol–water partition coefficient (Wildman–Crippen LogP) is 4.73. The molecule has 0 bridgehead atoms. The first-order valence-corrected chi connectivity index (χ1v) is 8.54. The van der Waals surface area contributed by atoms with Crippen LogP contribution < -0.4 is 5.32 Å². The molecule has 1 aromatic carbocycles. The molecule has 1 aliphatic carbocycles. The second-order valence-corrected chi connectivity index (χ2v) is 6.41. The highest BCUT2D eigenvalue weighted by Crippen LogP contribution is 2.35. The van der Waals surface area contributed by atoms with Gasteiger partial charge >= 0.3 is 0 Å². The van der Waals surface area contributed by atoms with Gasteiger partial charge in [-0.25, -0.2) is 0 Å². The predicted molar refractivity (Wildman–Crippen MR) is 88.1 cm³/mol. The van der Waals surface area contributed by atoms with Gasteiger partial charge in [-0.1, -0.05) is 63.8 Å². The van der Waals surface area contributed by atoms with Crippen molar-refractivity contribution < 1.29 is 0 Å². The van der Waals surface area contributed by atoms with E-state index in [4.69, 9.17) is 0 Å². The van der Waals surface area contributed by atoms with E-state index in [-0.39, 0.29) is 0 Å². The summed E-state index contributed by atoms with van der Waals surface area (Å²) in [5.74, 6) is 1.80. The molecule has 1 fully saturated rings. The Bertz CT molecular complexity index is 399. The molecular formula is C19H31N. The molecule has 1 heteroatoms. The molecule has 1 aliphatic rings. The van der Waals surface area contributed by atoms with Gasteiger partial charge in [0.15, 0.2) is 0 Å². The minimum atomic E-state index is 0.659. The molecule has 1 aromatic rings. The Morgan fingerprint density at radius 3 is 2.60 bits per heavy atom. The van der Waals surface area contributed by atoms with E-state index in [1.54, 1.807) is 0 Å². The highest BCUT2D eigenvalue weighted by atomic mass is 14.9. The summed E-state index contributed by atoms with van der Waals surface area (Å²) in [6, 6.07) is 9.55. The number of hydrogen-bond donors (Lipinski definition) is 1. The summed E-state index contributed by atoms with van der Waals surface area (Å²) >= 11 is 0. The Kier molecular flexibility index (Phi) is 6.09. The smallest absolute Gasteiger partial charge is 0.0138 e. The largest absolute Gasteiger partial charge is 0.314 e. The number of rotatable bonds is 6. The van der Waals surface area contributed by atoms with Gasteiger partial charge in [0.1, 0.15) is 0 Å². The molecule has 112 valence electrons. The van der Waals surface area contributed by atoms with Crippen LogP contribution >= 0.6 is 0 Å². The Morgan fingerprint density at radius 2 is 1.90 bits per heavy atom. The average Bonchev–Trinajstić information content (AvgIpc) is 2.49. The summed E-state index contributed by atoms with van der Waals surface area (Å²) in [7, 11) is 0. The van der Waals surface area contributed by atoms with Crippen LogP contribution in [0, 0.1) is 18.8 Å². The van der Waals surface area contributed by atoms with E-state index in [0.29, 0.717) is 6.04 Å². The van der Waals surface area contributed by atoms with Gasteiger partial charge in [-0.3, -0.25) is 0 Å². The summed E-state index contributed by atoms with van der Waals surface area (Å²) in [6.07, 6.45) is 8.27. The lowest BCUT2D eigenvalue weighted by Crippen LogP contribution is -2.42. The molecule has 1 N–H and O–H groups in total. The normalized spacial score (nSPS) is 24.6. The van der Waals surface area contributed by atoms with Gasteiger partial charge < -0.3 is 5.32 Å². The lowest BCUT2D eigenvalue weighted by molar-refractivity contribution is 0.175. The molecule has 3 unspecified atom stereocenters. The number of benzene rings is 1. The Labute approximate surface area is 125 Å². The summed E-state index contributed by atoms with van der Waals surface area (Å²) in [6.45, 7) is 7.95. The molecule has 0 amide bonds. The van der Waals surface area contributed by atoms with Crippen LogP contribution in [0.4, 0.5) is 0 Å². The lowest BCUT2D eigenvalue weighted by Gasteiger charge is -2.37. The zero-order chi connectivity index (χ0) is 14.4. The Hall–Kier alpha value is -0.820. The Balaban J connectivity index is 2.11. The maximum absolute atomic E-state index is 3.79. The topological polar surface area (TPSA) is 12.0 Å². The van der Waals surface area contributed by atoms with Crippen LogP contribution in [-0.2, 0) is 6.42 Å². The number of likely N-dealkylation sites (N-methyl/N-ethyl adjacent to an activating group) is 1. The standard InChI is InChI=1S/C19H31N/c1-4-16-11-8-9-13-18(16)19(20-5-2)14-17-12-7-6-10-15(17)3/h6-7,10,12,16,18-20H,4-5,8-9,11,13-14H2,1-3H3. The molecule has 0 saturated heterocycles. The zero-order valence-corrected chi connectivity index (χ0v) is 13.5. The second-order valence-electron chi connectivity index (χ2n) is 6.41. The van der Waals surface area contributed by atoms with E-state index in [2.05, 4.69) is 50.4 Å². The van der Waals surface area contributed by atoms with Crippen molar-refractivity contribution in [1.82, 2.24) is 5.32 Å². The highest BCUT2D eigenvalue weighted by molar-refractivity contribution is 5.26. The van der Waals surface area contributed by atoms with Crippen molar-refractivity contribution in [3.8, 4) is 0 Å². The van der Waals surface area contributed by atoms with Crippen LogP contribution in [0.15, 0.2) is 24.3 Å². The van der Waals surface area contributed by atoms with E-state index in [0.717, 1.165) is 18.4 Å². The molecule has 0 aromatic heterocycles. The monoisotopic (exact) mass is 273 g/mol. The minimum absolute atomic E-state index is 0.659. The maximum atomic E-state index is 3.79. The van der Waals surface area contributed by atoms with Crippen molar-refractivity contribution in [3.63, 3.8) is 0 Å². The first-order chi connectivity index (χ1) is 9.76. The van der Waals surface area contributed by atoms with Crippen LogP contribution in [0.25, 0.3) is 0 Å². The molecular weight excluding hydrogens is 242 g/mol. The maximum Gasteiger partial charge on any atom is 0.0138 e. The summed E-state index contributed by atoms with van der Waals surface area (Å²) in [5.41, 5.74) is 2.97. The van der Waals surface area contributed by atoms with E-state index < -0.39 is 0 Å². The molecule has 0 aliphatic heterocycles. The van der Waals surface area contributed by atoms with Crippen molar-refractivity contribution in [1.29, 1.82) is 0 Å². The molecule has 0 radical (unpaired) electrons. The van der Waals surface area contributed by atoms with E-state index >= 15 is 0 Å². The number of nitrogens with one attached hydrogen (secondary N) is 1.